The van der Waals surface area contributed by atoms with Crippen LogP contribution >= 0.6 is 0 Å². The Kier molecular flexibility index (Phi) is 5.17. The van der Waals surface area contributed by atoms with E-state index >= 15 is 0 Å². The second kappa shape index (κ2) is 7.54. The van der Waals surface area contributed by atoms with E-state index in [4.69, 9.17) is 9.84 Å². The van der Waals surface area contributed by atoms with Crippen LogP contribution in [-0.2, 0) is 9.53 Å². The predicted molar refractivity (Wildman–Crippen MR) is 92.7 cm³/mol. The topological polar surface area (TPSA) is 137 Å². The Hall–Kier alpha value is -3.27. The van der Waals surface area contributed by atoms with Gasteiger partial charge >= 0.3 is 5.97 Å². The number of ether oxygens (including phenoxy) is 1. The number of nitrogens with zero attached hydrogens (tertiary/aromatic N) is 3. The lowest BCUT2D eigenvalue weighted by molar-refractivity contribution is -0.384. The van der Waals surface area contributed by atoms with E-state index in [0.29, 0.717) is 31.7 Å². The number of carboxylic acids is 1. The monoisotopic (exact) mass is 374 g/mol. The molecule has 0 radical (unpaired) electrons. The molecule has 1 aliphatic heterocycles. The maximum atomic E-state index is 12.6. The first-order valence-electron chi connectivity index (χ1n) is 8.31. The van der Waals surface area contributed by atoms with Gasteiger partial charge in [-0.2, -0.15) is 5.10 Å². The van der Waals surface area contributed by atoms with E-state index in [2.05, 4.69) is 10.4 Å². The molecule has 2 heterocycles. The summed E-state index contributed by atoms with van der Waals surface area (Å²) in [5.74, 6) is -1.47. The first kappa shape index (κ1) is 18.5. The first-order chi connectivity index (χ1) is 12.9. The minimum atomic E-state index is -0.992. The van der Waals surface area contributed by atoms with Crippen LogP contribution in [0.5, 0.6) is 0 Å². The third-order valence-corrected chi connectivity index (χ3v) is 4.47. The van der Waals surface area contributed by atoms with Crippen molar-refractivity contribution in [1.29, 1.82) is 0 Å². The lowest BCUT2D eigenvalue weighted by Crippen LogP contribution is -2.53. The second-order valence-corrected chi connectivity index (χ2v) is 6.34. The maximum absolute atomic E-state index is 12.6. The highest BCUT2D eigenvalue weighted by atomic mass is 16.6. The van der Waals surface area contributed by atoms with Crippen LogP contribution in [0, 0.1) is 10.1 Å². The summed E-state index contributed by atoms with van der Waals surface area (Å²) in [5.41, 5.74) is -0.215. The first-order valence-corrected chi connectivity index (χ1v) is 8.31. The molecule has 0 unspecified atom stereocenters. The molecule has 1 aliphatic rings. The quantitative estimate of drug-likeness (QED) is 0.578. The standard InChI is InChI=1S/C17H18N4O6/c22-15(23)11-17(6-9-27-10-7-17)18-16(24)14-5-8-20(19-14)12-1-3-13(4-2-12)21(25)26/h1-5,8H,6-7,9-11H2,(H,18,24)(H,22,23). The Morgan fingerprint density at radius 1 is 1.26 bits per heavy atom. The molecule has 10 nitrogen and oxygen atoms in total. The smallest absolute Gasteiger partial charge is 0.305 e. The van der Waals surface area contributed by atoms with Gasteiger partial charge < -0.3 is 15.2 Å². The zero-order chi connectivity index (χ0) is 19.4. The number of aliphatic carboxylic acids is 1. The number of nitro benzene ring substituents is 1. The molecule has 0 saturated carbocycles. The molecule has 3 rings (SSSR count). The molecular weight excluding hydrogens is 356 g/mol. The zero-order valence-electron chi connectivity index (χ0n) is 14.3. The summed E-state index contributed by atoms with van der Waals surface area (Å²) >= 11 is 0. The Bertz CT molecular complexity index is 855. The van der Waals surface area contributed by atoms with Gasteiger partial charge in [0.05, 0.1) is 22.6 Å². The highest BCUT2D eigenvalue weighted by molar-refractivity contribution is 5.93. The molecule has 0 atom stereocenters. The summed E-state index contributed by atoms with van der Waals surface area (Å²) in [7, 11) is 0. The van der Waals surface area contributed by atoms with Gasteiger partial charge in [-0.25, -0.2) is 4.68 Å². The summed E-state index contributed by atoms with van der Waals surface area (Å²) < 4.78 is 6.69. The van der Waals surface area contributed by atoms with Gasteiger partial charge in [0, 0.05) is 31.5 Å². The maximum Gasteiger partial charge on any atom is 0.305 e. The summed E-state index contributed by atoms with van der Waals surface area (Å²) in [6.07, 6.45) is 2.19. The average Bonchev–Trinajstić information content (AvgIpc) is 3.12. The number of carbonyl (C=O) groups is 2. The molecule has 1 aromatic heterocycles. The molecule has 1 aromatic carbocycles. The molecule has 27 heavy (non-hydrogen) atoms. The number of carbonyl (C=O) groups excluding carboxylic acids is 1. The number of hydrogen-bond acceptors (Lipinski definition) is 6. The summed E-state index contributed by atoms with van der Waals surface area (Å²) in [6.45, 7) is 0.760. The number of hydrogen-bond donors (Lipinski definition) is 2. The molecule has 1 fully saturated rings. The van der Waals surface area contributed by atoms with Gasteiger partial charge in [-0.1, -0.05) is 0 Å². The lowest BCUT2D eigenvalue weighted by atomic mass is 9.86. The third kappa shape index (κ3) is 4.29. The van der Waals surface area contributed by atoms with Crippen molar-refractivity contribution in [2.75, 3.05) is 13.2 Å². The molecular formula is C17H18N4O6. The van der Waals surface area contributed by atoms with Crippen molar-refractivity contribution >= 4 is 17.6 Å². The number of rotatable bonds is 6. The van der Waals surface area contributed by atoms with E-state index in [1.54, 1.807) is 6.20 Å². The minimum absolute atomic E-state index is 0.0426. The van der Waals surface area contributed by atoms with Gasteiger partial charge in [-0.05, 0) is 31.0 Å². The van der Waals surface area contributed by atoms with Crippen LogP contribution in [0.25, 0.3) is 5.69 Å². The fraction of sp³-hybridized carbons (Fsp3) is 0.353. The van der Waals surface area contributed by atoms with Crippen molar-refractivity contribution in [2.24, 2.45) is 0 Å². The number of non-ortho nitro benzene ring substituents is 1. The second-order valence-electron chi connectivity index (χ2n) is 6.34. The number of nitrogens with one attached hydrogen (secondary N) is 1. The number of aromatic nitrogens is 2. The highest BCUT2D eigenvalue weighted by Crippen LogP contribution is 2.25. The van der Waals surface area contributed by atoms with Crippen LogP contribution in [0.2, 0.25) is 0 Å². The van der Waals surface area contributed by atoms with Crippen LogP contribution < -0.4 is 5.32 Å². The molecule has 2 aromatic rings. The predicted octanol–water partition coefficient (Wildman–Crippen LogP) is 1.53. The van der Waals surface area contributed by atoms with Crippen molar-refractivity contribution in [1.82, 2.24) is 15.1 Å². The molecule has 2 N–H and O–H groups in total. The fourth-order valence-electron chi connectivity index (χ4n) is 3.02. The van der Waals surface area contributed by atoms with E-state index in [9.17, 15) is 19.7 Å². The van der Waals surface area contributed by atoms with Gasteiger partial charge in [0.25, 0.3) is 11.6 Å². The largest absolute Gasteiger partial charge is 0.481 e. The Morgan fingerprint density at radius 3 is 2.52 bits per heavy atom. The molecule has 1 amide bonds. The number of carboxylic acid groups (broad SMARTS) is 1. The SMILES string of the molecule is O=C(O)CC1(NC(=O)c2ccn(-c3ccc([N+](=O)[O-])cc3)n2)CCOCC1. The van der Waals surface area contributed by atoms with Gasteiger partial charge in [-0.15, -0.1) is 0 Å². The average molecular weight is 374 g/mol. The van der Waals surface area contributed by atoms with Gasteiger partial charge in [-0.3, -0.25) is 19.7 Å². The van der Waals surface area contributed by atoms with Crippen LogP contribution in [0.4, 0.5) is 5.69 Å². The van der Waals surface area contributed by atoms with E-state index in [0.717, 1.165) is 0 Å². The minimum Gasteiger partial charge on any atom is -0.481 e. The molecule has 142 valence electrons. The fourth-order valence-corrected chi connectivity index (χ4v) is 3.02. The van der Waals surface area contributed by atoms with Crippen LogP contribution in [0.1, 0.15) is 29.8 Å². The number of amides is 1. The van der Waals surface area contributed by atoms with E-state index in [1.165, 1.54) is 35.0 Å². The third-order valence-electron chi connectivity index (χ3n) is 4.47. The molecule has 1 saturated heterocycles. The summed E-state index contributed by atoms with van der Waals surface area (Å²) in [4.78, 5) is 34.0. The molecule has 0 bridgehead atoms. The lowest BCUT2D eigenvalue weighted by Gasteiger charge is -2.36. The van der Waals surface area contributed by atoms with E-state index in [-0.39, 0.29) is 17.8 Å². The van der Waals surface area contributed by atoms with Gasteiger partial charge in [0.2, 0.25) is 0 Å². The number of benzene rings is 1. The van der Waals surface area contributed by atoms with Crippen molar-refractivity contribution in [2.45, 2.75) is 24.8 Å². The number of nitro groups is 1. The summed E-state index contributed by atoms with van der Waals surface area (Å²) in [6, 6.07) is 7.25. The normalized spacial score (nSPS) is 15.9. The van der Waals surface area contributed by atoms with Gasteiger partial charge in [0.15, 0.2) is 5.69 Å². The van der Waals surface area contributed by atoms with Crippen LogP contribution in [0.15, 0.2) is 36.5 Å². The summed E-state index contributed by atoms with van der Waals surface area (Å²) in [5, 5.41) is 26.9. The van der Waals surface area contributed by atoms with Crippen LogP contribution in [0.3, 0.4) is 0 Å². The van der Waals surface area contributed by atoms with Gasteiger partial charge in [0.1, 0.15) is 0 Å². The van der Waals surface area contributed by atoms with E-state index in [1.807, 2.05) is 0 Å². The Labute approximate surface area is 153 Å². The van der Waals surface area contributed by atoms with Crippen molar-refractivity contribution in [3.63, 3.8) is 0 Å². The molecule has 0 aliphatic carbocycles. The van der Waals surface area contributed by atoms with Crippen molar-refractivity contribution in [3.05, 3.63) is 52.3 Å². The van der Waals surface area contributed by atoms with E-state index < -0.39 is 22.3 Å². The van der Waals surface area contributed by atoms with Crippen LogP contribution in [-0.4, -0.2) is 50.4 Å². The highest BCUT2D eigenvalue weighted by Gasteiger charge is 2.37. The molecule has 0 spiro atoms. The Morgan fingerprint density at radius 2 is 1.93 bits per heavy atom. The zero-order valence-corrected chi connectivity index (χ0v) is 14.3. The van der Waals surface area contributed by atoms with Crippen molar-refractivity contribution < 1.29 is 24.4 Å². The Balaban J connectivity index is 1.75. The molecule has 10 heteroatoms. The van der Waals surface area contributed by atoms with Crippen molar-refractivity contribution in [3.8, 4) is 5.69 Å².